The van der Waals surface area contributed by atoms with Crippen LogP contribution in [0.4, 0.5) is 4.39 Å². The molecule has 0 fully saturated rings. The lowest BCUT2D eigenvalue weighted by atomic mass is 10.3. The average Bonchev–Trinajstić information content (AvgIpc) is 1.84. The number of alkyl halides is 1. The van der Waals surface area contributed by atoms with Crippen molar-refractivity contribution in [3.05, 3.63) is 24.1 Å². The van der Waals surface area contributed by atoms with Crippen molar-refractivity contribution in [1.29, 1.82) is 0 Å². The van der Waals surface area contributed by atoms with Crippen LogP contribution in [0.5, 0.6) is 0 Å². The maximum absolute atomic E-state index is 12.2. The number of halogens is 2. The molecule has 46 valence electrons. The van der Waals surface area contributed by atoms with Gasteiger partial charge in [0.1, 0.15) is 5.83 Å². The smallest absolute Gasteiger partial charge is 0.118 e. The molecule has 0 heterocycles. The van der Waals surface area contributed by atoms with Crippen LogP contribution in [-0.4, -0.2) is 5.88 Å². The standard InChI is InChI=1S/C6H8ClF/c1-3-5(2)6(8)4-7/h3H,1,4H2,2H3/b6-5+. The van der Waals surface area contributed by atoms with Gasteiger partial charge < -0.3 is 0 Å². The molecule has 2 heteroatoms. The molecule has 0 aliphatic heterocycles. The van der Waals surface area contributed by atoms with Crippen molar-refractivity contribution in [2.24, 2.45) is 0 Å². The van der Waals surface area contributed by atoms with E-state index in [1.54, 1.807) is 6.92 Å². The van der Waals surface area contributed by atoms with Crippen LogP contribution in [0.15, 0.2) is 24.1 Å². The minimum atomic E-state index is -0.304. The van der Waals surface area contributed by atoms with Gasteiger partial charge in [-0.1, -0.05) is 12.7 Å². The molecule has 0 aromatic carbocycles. The van der Waals surface area contributed by atoms with Gasteiger partial charge in [0.05, 0.1) is 5.88 Å². The predicted octanol–water partition coefficient (Wildman–Crippen LogP) is 2.65. The first-order valence-corrected chi connectivity index (χ1v) is 2.79. The second kappa shape index (κ2) is 3.67. The Hall–Kier alpha value is -0.300. The molecule has 8 heavy (non-hydrogen) atoms. The van der Waals surface area contributed by atoms with Crippen LogP contribution in [0, 0.1) is 0 Å². The van der Waals surface area contributed by atoms with Gasteiger partial charge in [0.2, 0.25) is 0 Å². The highest BCUT2D eigenvalue weighted by Gasteiger charge is 1.92. The molecular formula is C6H8ClF. The third-order valence-corrected chi connectivity index (χ3v) is 1.09. The lowest BCUT2D eigenvalue weighted by molar-refractivity contribution is 0.634. The molecule has 0 rings (SSSR count). The first-order valence-electron chi connectivity index (χ1n) is 2.26. The summed E-state index contributed by atoms with van der Waals surface area (Å²) in [6.07, 6.45) is 1.44. The van der Waals surface area contributed by atoms with Crippen molar-refractivity contribution < 1.29 is 4.39 Å². The highest BCUT2D eigenvalue weighted by molar-refractivity contribution is 6.19. The van der Waals surface area contributed by atoms with Gasteiger partial charge in [-0.05, 0) is 12.5 Å². The Morgan fingerprint density at radius 3 is 2.50 bits per heavy atom. The molecule has 0 N–H and O–H groups in total. The third kappa shape index (κ3) is 2.12. The lowest BCUT2D eigenvalue weighted by Crippen LogP contribution is -1.77. The average molecular weight is 135 g/mol. The summed E-state index contributed by atoms with van der Waals surface area (Å²) in [6, 6.07) is 0. The molecule has 0 aliphatic carbocycles. The molecule has 0 unspecified atom stereocenters. The molecular weight excluding hydrogens is 127 g/mol. The molecule has 0 radical (unpaired) electrons. The summed E-state index contributed by atoms with van der Waals surface area (Å²) < 4.78 is 12.2. The highest BCUT2D eigenvalue weighted by atomic mass is 35.5. The van der Waals surface area contributed by atoms with E-state index >= 15 is 0 Å². The van der Waals surface area contributed by atoms with Gasteiger partial charge >= 0.3 is 0 Å². The molecule has 0 saturated carbocycles. The zero-order valence-electron chi connectivity index (χ0n) is 4.75. The van der Waals surface area contributed by atoms with E-state index in [4.69, 9.17) is 11.6 Å². The van der Waals surface area contributed by atoms with E-state index in [9.17, 15) is 4.39 Å². The maximum atomic E-state index is 12.2. The SMILES string of the molecule is C=C/C(C)=C(/F)CCl. The Labute approximate surface area is 53.7 Å². The van der Waals surface area contributed by atoms with Gasteiger partial charge in [-0.2, -0.15) is 0 Å². The summed E-state index contributed by atoms with van der Waals surface area (Å²) in [6.45, 7) is 5.00. The predicted molar refractivity (Wildman–Crippen MR) is 34.7 cm³/mol. The van der Waals surface area contributed by atoms with E-state index in [1.165, 1.54) is 6.08 Å². The van der Waals surface area contributed by atoms with Gasteiger partial charge in [-0.3, -0.25) is 0 Å². The van der Waals surface area contributed by atoms with E-state index in [0.29, 0.717) is 5.57 Å². The van der Waals surface area contributed by atoms with Gasteiger partial charge in [-0.25, -0.2) is 4.39 Å². The fourth-order valence-corrected chi connectivity index (χ4v) is 0.427. The van der Waals surface area contributed by atoms with E-state index in [1.807, 2.05) is 0 Å². The van der Waals surface area contributed by atoms with E-state index < -0.39 is 0 Å². The summed E-state index contributed by atoms with van der Waals surface area (Å²) in [5, 5.41) is 0. The molecule has 0 amide bonds. The fraction of sp³-hybridized carbons (Fsp3) is 0.333. The summed E-state index contributed by atoms with van der Waals surface area (Å²) in [5.74, 6) is -0.362. The Bertz CT molecular complexity index is 116. The first kappa shape index (κ1) is 7.70. The van der Waals surface area contributed by atoms with Crippen LogP contribution in [0.2, 0.25) is 0 Å². The largest absolute Gasteiger partial charge is 0.210 e. The minimum absolute atomic E-state index is 0.0577. The Morgan fingerprint density at radius 1 is 1.88 bits per heavy atom. The van der Waals surface area contributed by atoms with Crippen LogP contribution < -0.4 is 0 Å². The Morgan fingerprint density at radius 2 is 2.38 bits per heavy atom. The normalized spacial score (nSPS) is 12.9. The van der Waals surface area contributed by atoms with Crippen LogP contribution in [-0.2, 0) is 0 Å². The van der Waals surface area contributed by atoms with Crippen molar-refractivity contribution in [3.63, 3.8) is 0 Å². The summed E-state index contributed by atoms with van der Waals surface area (Å²) >= 11 is 5.14. The van der Waals surface area contributed by atoms with Crippen molar-refractivity contribution >= 4 is 11.6 Å². The second-order valence-corrected chi connectivity index (χ2v) is 1.69. The van der Waals surface area contributed by atoms with E-state index in [2.05, 4.69) is 6.58 Å². The molecule has 0 nitrogen and oxygen atoms in total. The van der Waals surface area contributed by atoms with Crippen LogP contribution in [0.1, 0.15) is 6.92 Å². The number of hydrogen-bond acceptors (Lipinski definition) is 0. The summed E-state index contributed by atoms with van der Waals surface area (Å²) in [7, 11) is 0. The molecule has 0 saturated heterocycles. The van der Waals surface area contributed by atoms with Gasteiger partial charge in [0.25, 0.3) is 0 Å². The van der Waals surface area contributed by atoms with Crippen molar-refractivity contribution in [1.82, 2.24) is 0 Å². The number of hydrogen-bond donors (Lipinski definition) is 0. The maximum Gasteiger partial charge on any atom is 0.118 e. The Kier molecular flexibility index (Phi) is 3.53. The Balaban J connectivity index is 4.03. The summed E-state index contributed by atoms with van der Waals surface area (Å²) in [4.78, 5) is 0. The van der Waals surface area contributed by atoms with Crippen LogP contribution >= 0.6 is 11.6 Å². The minimum Gasteiger partial charge on any atom is -0.210 e. The second-order valence-electron chi connectivity index (χ2n) is 1.43. The van der Waals surface area contributed by atoms with E-state index in [0.717, 1.165) is 0 Å². The monoisotopic (exact) mass is 134 g/mol. The molecule has 0 spiro atoms. The topological polar surface area (TPSA) is 0 Å². The van der Waals surface area contributed by atoms with Gasteiger partial charge in [0, 0.05) is 0 Å². The number of rotatable bonds is 2. The molecule has 0 aliphatic rings. The van der Waals surface area contributed by atoms with Crippen LogP contribution in [0.3, 0.4) is 0 Å². The van der Waals surface area contributed by atoms with Crippen molar-refractivity contribution in [2.75, 3.05) is 5.88 Å². The van der Waals surface area contributed by atoms with Gasteiger partial charge in [0.15, 0.2) is 0 Å². The van der Waals surface area contributed by atoms with Crippen LogP contribution in [0.25, 0.3) is 0 Å². The molecule has 0 atom stereocenters. The fourth-order valence-electron chi connectivity index (χ4n) is 0.216. The lowest BCUT2D eigenvalue weighted by Gasteiger charge is -1.90. The zero-order valence-corrected chi connectivity index (χ0v) is 5.50. The zero-order chi connectivity index (χ0) is 6.57. The third-order valence-electron chi connectivity index (χ3n) is 0.851. The number of allylic oxidation sites excluding steroid dienone is 3. The molecule has 0 aromatic rings. The quantitative estimate of drug-likeness (QED) is 0.402. The van der Waals surface area contributed by atoms with Crippen molar-refractivity contribution in [3.8, 4) is 0 Å². The van der Waals surface area contributed by atoms with Gasteiger partial charge in [-0.15, -0.1) is 11.6 Å². The molecule has 0 aromatic heterocycles. The highest BCUT2D eigenvalue weighted by Crippen LogP contribution is 2.06. The van der Waals surface area contributed by atoms with E-state index in [-0.39, 0.29) is 11.7 Å². The first-order chi connectivity index (χ1) is 3.72. The summed E-state index contributed by atoms with van der Waals surface area (Å²) in [5.41, 5.74) is 0.514. The molecule has 0 bridgehead atoms. The van der Waals surface area contributed by atoms with Crippen molar-refractivity contribution in [2.45, 2.75) is 6.92 Å².